The van der Waals surface area contributed by atoms with Crippen molar-refractivity contribution in [2.24, 2.45) is 0 Å². The molecule has 84 valence electrons. The minimum atomic E-state index is 0.930. The predicted molar refractivity (Wildman–Crippen MR) is 65.1 cm³/mol. The Bertz CT molecular complexity index is 420. The van der Waals surface area contributed by atoms with Gasteiger partial charge in [-0.3, -0.25) is 4.98 Å². The molecule has 0 saturated heterocycles. The van der Waals surface area contributed by atoms with Crippen LogP contribution in [0.2, 0.25) is 0 Å². The van der Waals surface area contributed by atoms with Crippen molar-refractivity contribution < 1.29 is 0 Å². The third-order valence-corrected chi connectivity index (χ3v) is 2.57. The molecule has 2 aromatic heterocycles. The maximum Gasteiger partial charge on any atom is 0.0300 e. The molecule has 0 radical (unpaired) electrons. The second-order valence-corrected chi connectivity index (χ2v) is 3.90. The number of hydrogen-bond donors (Lipinski definition) is 1. The summed E-state index contributed by atoms with van der Waals surface area (Å²) >= 11 is 0. The van der Waals surface area contributed by atoms with Crippen molar-refractivity contribution in [3.63, 3.8) is 0 Å². The minimum Gasteiger partial charge on any atom is -0.354 e. The third-order valence-electron chi connectivity index (χ3n) is 2.57. The summed E-state index contributed by atoms with van der Waals surface area (Å²) in [6.07, 6.45) is 9.08. The zero-order valence-corrected chi connectivity index (χ0v) is 9.56. The van der Waals surface area contributed by atoms with Crippen LogP contribution in [0.15, 0.2) is 43.0 Å². The van der Waals surface area contributed by atoms with Crippen LogP contribution in [0.4, 0.5) is 0 Å². The zero-order chi connectivity index (χ0) is 11.2. The third kappa shape index (κ3) is 2.94. The van der Waals surface area contributed by atoms with Gasteiger partial charge in [0.1, 0.15) is 0 Å². The Labute approximate surface area is 96.1 Å². The van der Waals surface area contributed by atoms with Gasteiger partial charge in [-0.05, 0) is 36.7 Å². The fourth-order valence-corrected chi connectivity index (χ4v) is 1.74. The van der Waals surface area contributed by atoms with Gasteiger partial charge >= 0.3 is 0 Å². The molecule has 0 unspecified atom stereocenters. The molecule has 0 aliphatic rings. The van der Waals surface area contributed by atoms with E-state index in [1.54, 1.807) is 0 Å². The van der Waals surface area contributed by atoms with Crippen molar-refractivity contribution in [3.8, 4) is 0 Å². The molecule has 1 N–H and O–H groups in total. The minimum absolute atomic E-state index is 0.930. The fraction of sp³-hybridized carbons (Fsp3) is 0.308. The van der Waals surface area contributed by atoms with E-state index in [9.17, 15) is 0 Å². The van der Waals surface area contributed by atoms with Gasteiger partial charge in [-0.1, -0.05) is 6.07 Å². The van der Waals surface area contributed by atoms with Gasteiger partial charge in [-0.15, -0.1) is 0 Å². The van der Waals surface area contributed by atoms with E-state index in [0.717, 1.165) is 19.5 Å². The van der Waals surface area contributed by atoms with Gasteiger partial charge in [-0.2, -0.15) is 0 Å². The summed E-state index contributed by atoms with van der Waals surface area (Å²) in [5.74, 6) is 0. The first-order valence-corrected chi connectivity index (χ1v) is 5.56. The van der Waals surface area contributed by atoms with Crippen LogP contribution in [-0.2, 0) is 19.5 Å². The van der Waals surface area contributed by atoms with Crippen molar-refractivity contribution in [1.82, 2.24) is 14.9 Å². The molecule has 0 atom stereocenters. The van der Waals surface area contributed by atoms with Crippen molar-refractivity contribution in [2.75, 3.05) is 7.05 Å². The van der Waals surface area contributed by atoms with E-state index in [-0.39, 0.29) is 0 Å². The summed E-state index contributed by atoms with van der Waals surface area (Å²) < 4.78 is 2.22. The van der Waals surface area contributed by atoms with Gasteiger partial charge in [0.15, 0.2) is 0 Å². The number of nitrogens with one attached hydrogen (secondary N) is 1. The molecule has 2 aromatic rings. The highest BCUT2D eigenvalue weighted by Crippen LogP contribution is 2.04. The quantitative estimate of drug-likeness (QED) is 0.825. The van der Waals surface area contributed by atoms with Crippen LogP contribution in [0.1, 0.15) is 11.1 Å². The highest BCUT2D eigenvalue weighted by atomic mass is 14.9. The summed E-state index contributed by atoms with van der Waals surface area (Å²) in [5.41, 5.74) is 2.61. The maximum atomic E-state index is 4.11. The van der Waals surface area contributed by atoms with Gasteiger partial charge in [-0.25, -0.2) is 0 Å². The zero-order valence-electron chi connectivity index (χ0n) is 9.56. The van der Waals surface area contributed by atoms with Gasteiger partial charge in [0, 0.05) is 37.9 Å². The maximum absolute atomic E-state index is 4.11. The lowest BCUT2D eigenvalue weighted by Gasteiger charge is -2.02. The Balaban J connectivity index is 1.89. The monoisotopic (exact) mass is 215 g/mol. The molecule has 0 aliphatic carbocycles. The first-order valence-electron chi connectivity index (χ1n) is 5.56. The number of pyridine rings is 1. The topological polar surface area (TPSA) is 29.9 Å². The Hall–Kier alpha value is -1.61. The number of rotatable bonds is 5. The van der Waals surface area contributed by atoms with E-state index < -0.39 is 0 Å². The first kappa shape index (κ1) is 10.9. The van der Waals surface area contributed by atoms with Gasteiger partial charge in [0.25, 0.3) is 0 Å². The standard InChI is InChI=1S/C13H17N3/c1-14-9-13-5-8-16(11-13)7-4-12-3-2-6-15-10-12/h2-3,5-6,8,10-11,14H,4,7,9H2,1H3. The average molecular weight is 215 g/mol. The second kappa shape index (κ2) is 5.47. The van der Waals surface area contributed by atoms with E-state index in [1.165, 1.54) is 11.1 Å². The smallest absolute Gasteiger partial charge is 0.0300 e. The average Bonchev–Trinajstić information content (AvgIpc) is 2.76. The highest BCUT2D eigenvalue weighted by molar-refractivity contribution is 5.11. The van der Waals surface area contributed by atoms with Crippen LogP contribution >= 0.6 is 0 Å². The van der Waals surface area contributed by atoms with Crippen LogP contribution < -0.4 is 5.32 Å². The molecule has 0 saturated carbocycles. The normalized spacial score (nSPS) is 10.6. The van der Waals surface area contributed by atoms with E-state index >= 15 is 0 Å². The summed E-state index contributed by atoms with van der Waals surface area (Å²) in [7, 11) is 1.97. The van der Waals surface area contributed by atoms with E-state index in [0.29, 0.717) is 0 Å². The Kier molecular flexibility index (Phi) is 3.72. The van der Waals surface area contributed by atoms with Crippen LogP contribution in [0, 0.1) is 0 Å². The summed E-state index contributed by atoms with van der Waals surface area (Å²) in [6, 6.07) is 6.25. The Morgan fingerprint density at radius 1 is 1.31 bits per heavy atom. The Morgan fingerprint density at radius 3 is 3.00 bits per heavy atom. The fourth-order valence-electron chi connectivity index (χ4n) is 1.74. The predicted octanol–water partition coefficient (Wildman–Crippen LogP) is 1.85. The van der Waals surface area contributed by atoms with Crippen molar-refractivity contribution in [3.05, 3.63) is 54.1 Å². The van der Waals surface area contributed by atoms with Crippen molar-refractivity contribution in [2.45, 2.75) is 19.5 Å². The lowest BCUT2D eigenvalue weighted by molar-refractivity contribution is 0.694. The van der Waals surface area contributed by atoms with Gasteiger partial charge in [0.05, 0.1) is 0 Å². The number of hydrogen-bond acceptors (Lipinski definition) is 2. The SMILES string of the molecule is CNCc1ccn(CCc2cccnc2)c1. The van der Waals surface area contributed by atoms with Crippen molar-refractivity contribution in [1.29, 1.82) is 0 Å². The molecule has 0 amide bonds. The molecular formula is C13H17N3. The number of aryl methyl sites for hydroxylation is 2. The molecular weight excluding hydrogens is 198 g/mol. The molecule has 2 heterocycles. The summed E-state index contributed by atoms with van der Waals surface area (Å²) in [6.45, 7) is 1.94. The highest BCUT2D eigenvalue weighted by Gasteiger charge is 1.97. The van der Waals surface area contributed by atoms with Crippen LogP contribution in [-0.4, -0.2) is 16.6 Å². The van der Waals surface area contributed by atoms with E-state index in [1.807, 2.05) is 25.5 Å². The molecule has 3 nitrogen and oxygen atoms in total. The molecule has 0 aromatic carbocycles. The number of nitrogens with zero attached hydrogens (tertiary/aromatic N) is 2. The van der Waals surface area contributed by atoms with Crippen molar-refractivity contribution >= 4 is 0 Å². The molecule has 0 bridgehead atoms. The molecule has 3 heteroatoms. The first-order chi connectivity index (χ1) is 7.88. The largest absolute Gasteiger partial charge is 0.354 e. The molecule has 0 aliphatic heterocycles. The van der Waals surface area contributed by atoms with E-state index in [4.69, 9.17) is 0 Å². The summed E-state index contributed by atoms with van der Waals surface area (Å²) in [4.78, 5) is 4.11. The van der Waals surface area contributed by atoms with Gasteiger partial charge in [0.2, 0.25) is 0 Å². The van der Waals surface area contributed by atoms with Crippen LogP contribution in [0.5, 0.6) is 0 Å². The van der Waals surface area contributed by atoms with Gasteiger partial charge < -0.3 is 9.88 Å². The van der Waals surface area contributed by atoms with Crippen LogP contribution in [0.25, 0.3) is 0 Å². The molecule has 0 fully saturated rings. The van der Waals surface area contributed by atoms with Crippen LogP contribution in [0.3, 0.4) is 0 Å². The lowest BCUT2D eigenvalue weighted by atomic mass is 10.2. The molecule has 16 heavy (non-hydrogen) atoms. The molecule has 2 rings (SSSR count). The summed E-state index contributed by atoms with van der Waals surface area (Å²) in [5, 5.41) is 3.15. The molecule has 0 spiro atoms. The Morgan fingerprint density at radius 2 is 2.25 bits per heavy atom. The van der Waals surface area contributed by atoms with E-state index in [2.05, 4.69) is 39.4 Å². The second-order valence-electron chi connectivity index (χ2n) is 3.90. The number of aromatic nitrogens is 2. The lowest BCUT2D eigenvalue weighted by Crippen LogP contribution is -2.04.